The molecule has 0 heterocycles. The molecule has 0 amide bonds. The Kier molecular flexibility index (Phi) is 22.9. The number of hydrogen-bond acceptors (Lipinski definition) is 2. The molecule has 0 bridgehead atoms. The van der Waals surface area contributed by atoms with Gasteiger partial charge >= 0.3 is 5.97 Å². The first-order valence-corrected chi connectivity index (χ1v) is 15.3. The van der Waals surface area contributed by atoms with Crippen LogP contribution in [0.15, 0.2) is 0 Å². The van der Waals surface area contributed by atoms with Gasteiger partial charge in [0.15, 0.2) is 0 Å². The van der Waals surface area contributed by atoms with Gasteiger partial charge in [-0.15, -0.1) is 0 Å². The molecule has 0 fully saturated rings. The molecule has 0 aromatic carbocycles. The van der Waals surface area contributed by atoms with Crippen molar-refractivity contribution in [3.63, 3.8) is 0 Å². The molecule has 2 heteroatoms. The Morgan fingerprint density at radius 1 is 0.545 bits per heavy atom. The zero-order valence-electron chi connectivity index (χ0n) is 23.7. The first kappa shape index (κ1) is 32.5. The molecule has 1 atom stereocenters. The van der Waals surface area contributed by atoms with E-state index in [1.807, 2.05) is 0 Å². The minimum absolute atomic E-state index is 0.0431. The molecule has 2 nitrogen and oxygen atoms in total. The van der Waals surface area contributed by atoms with Crippen LogP contribution in [0.25, 0.3) is 0 Å². The van der Waals surface area contributed by atoms with Gasteiger partial charge in [-0.05, 0) is 44.9 Å². The lowest BCUT2D eigenvalue weighted by Gasteiger charge is -2.35. The van der Waals surface area contributed by atoms with E-state index in [0.29, 0.717) is 0 Å². The highest BCUT2D eigenvalue weighted by Crippen LogP contribution is 2.34. The van der Waals surface area contributed by atoms with Crippen molar-refractivity contribution < 1.29 is 9.53 Å². The summed E-state index contributed by atoms with van der Waals surface area (Å²) in [7, 11) is 0. The molecule has 0 saturated heterocycles. The summed E-state index contributed by atoms with van der Waals surface area (Å²) in [6, 6.07) is 0. The number of unbranched alkanes of at least 4 members (excludes halogenated alkanes) is 15. The van der Waals surface area contributed by atoms with Gasteiger partial charge in [-0.1, -0.05) is 137 Å². The minimum atomic E-state index is -0.209. The third-order valence-electron chi connectivity index (χ3n) is 7.42. The van der Waals surface area contributed by atoms with Crippen LogP contribution in [0.3, 0.4) is 0 Å². The third kappa shape index (κ3) is 18.5. The summed E-state index contributed by atoms with van der Waals surface area (Å²) in [5.74, 6) is 0.127. The van der Waals surface area contributed by atoms with E-state index in [-0.39, 0.29) is 17.5 Å². The molecule has 0 saturated carbocycles. The van der Waals surface area contributed by atoms with Gasteiger partial charge in [0.1, 0.15) is 5.60 Å². The Morgan fingerprint density at radius 2 is 0.879 bits per heavy atom. The second kappa shape index (κ2) is 23.2. The number of rotatable bonds is 25. The monoisotopic (exact) mass is 466 g/mol. The van der Waals surface area contributed by atoms with Gasteiger partial charge in [-0.25, -0.2) is 0 Å². The standard InChI is InChI=1S/C31H62O2/c1-6-10-14-18-19-20-24-28-31(26-22-16-12-8-3,27-23-17-13-9-4)33-30(32)29(5)25-21-15-11-7-2/h29H,6-28H2,1-5H3. The maximum Gasteiger partial charge on any atom is 0.309 e. The predicted octanol–water partition coefficient (Wildman–Crippen LogP) is 11.0. The van der Waals surface area contributed by atoms with Crippen LogP contribution < -0.4 is 0 Å². The maximum absolute atomic E-state index is 13.2. The van der Waals surface area contributed by atoms with Crippen LogP contribution in [0.2, 0.25) is 0 Å². The fourth-order valence-electron chi connectivity index (χ4n) is 4.99. The smallest absolute Gasteiger partial charge is 0.309 e. The van der Waals surface area contributed by atoms with Crippen LogP contribution in [-0.4, -0.2) is 11.6 Å². The summed E-state index contributed by atoms with van der Waals surface area (Å²) in [5, 5.41) is 0. The zero-order chi connectivity index (χ0) is 24.6. The molecular formula is C31H62O2. The lowest BCUT2D eigenvalue weighted by atomic mass is 9.84. The number of carbonyl (C=O) groups excluding carboxylic acids is 1. The average Bonchev–Trinajstić information content (AvgIpc) is 2.81. The molecule has 0 radical (unpaired) electrons. The Balaban J connectivity index is 5.02. The summed E-state index contributed by atoms with van der Waals surface area (Å²) in [4.78, 5) is 13.2. The van der Waals surface area contributed by atoms with Gasteiger partial charge in [-0.2, -0.15) is 0 Å². The van der Waals surface area contributed by atoms with Gasteiger partial charge in [0.2, 0.25) is 0 Å². The lowest BCUT2D eigenvalue weighted by Crippen LogP contribution is -2.37. The van der Waals surface area contributed by atoms with E-state index >= 15 is 0 Å². The zero-order valence-corrected chi connectivity index (χ0v) is 23.7. The van der Waals surface area contributed by atoms with Crippen molar-refractivity contribution in [2.75, 3.05) is 0 Å². The predicted molar refractivity (Wildman–Crippen MR) is 147 cm³/mol. The van der Waals surface area contributed by atoms with Crippen LogP contribution in [0.1, 0.15) is 182 Å². The highest BCUT2D eigenvalue weighted by Gasteiger charge is 2.34. The van der Waals surface area contributed by atoms with Crippen LogP contribution in [-0.2, 0) is 9.53 Å². The SMILES string of the molecule is CCCCCCCCCC(CCCCCC)(CCCCCC)OC(=O)C(C)CCCCCC. The van der Waals surface area contributed by atoms with Crippen molar-refractivity contribution in [3.8, 4) is 0 Å². The fourth-order valence-corrected chi connectivity index (χ4v) is 4.99. The largest absolute Gasteiger partial charge is 0.459 e. The van der Waals surface area contributed by atoms with Crippen LogP contribution in [0.4, 0.5) is 0 Å². The lowest BCUT2D eigenvalue weighted by molar-refractivity contribution is -0.168. The van der Waals surface area contributed by atoms with E-state index in [1.165, 1.54) is 116 Å². The van der Waals surface area contributed by atoms with E-state index < -0.39 is 0 Å². The molecule has 0 N–H and O–H groups in total. The minimum Gasteiger partial charge on any atom is -0.459 e. The molecule has 198 valence electrons. The highest BCUT2D eigenvalue weighted by atomic mass is 16.6. The first-order valence-electron chi connectivity index (χ1n) is 15.3. The molecule has 0 aromatic heterocycles. The molecule has 0 aliphatic heterocycles. The first-order chi connectivity index (χ1) is 16.0. The Morgan fingerprint density at radius 3 is 1.30 bits per heavy atom. The molecule has 1 unspecified atom stereocenters. The molecule has 0 rings (SSSR count). The Labute approximate surface area is 209 Å². The number of hydrogen-bond donors (Lipinski definition) is 0. The average molecular weight is 467 g/mol. The van der Waals surface area contributed by atoms with Crippen molar-refractivity contribution in [1.82, 2.24) is 0 Å². The third-order valence-corrected chi connectivity index (χ3v) is 7.42. The second-order valence-corrected chi connectivity index (χ2v) is 10.8. The van der Waals surface area contributed by atoms with E-state index in [4.69, 9.17) is 4.74 Å². The van der Waals surface area contributed by atoms with Gasteiger partial charge in [0, 0.05) is 0 Å². The van der Waals surface area contributed by atoms with Gasteiger partial charge in [-0.3, -0.25) is 4.79 Å². The summed E-state index contributed by atoms with van der Waals surface area (Å²) in [6.07, 6.45) is 28.5. The van der Waals surface area contributed by atoms with Crippen molar-refractivity contribution in [2.24, 2.45) is 5.92 Å². The highest BCUT2D eigenvalue weighted by molar-refractivity contribution is 5.72. The molecular weight excluding hydrogens is 404 g/mol. The van der Waals surface area contributed by atoms with E-state index in [9.17, 15) is 4.79 Å². The van der Waals surface area contributed by atoms with E-state index in [2.05, 4.69) is 34.6 Å². The Hall–Kier alpha value is -0.530. The molecule has 0 aliphatic rings. The Bertz CT molecular complexity index is 405. The number of esters is 1. The topological polar surface area (TPSA) is 26.3 Å². The summed E-state index contributed by atoms with van der Waals surface area (Å²) in [6.45, 7) is 11.2. The maximum atomic E-state index is 13.2. The molecule has 0 aliphatic carbocycles. The van der Waals surface area contributed by atoms with Crippen LogP contribution in [0.5, 0.6) is 0 Å². The number of ether oxygens (including phenoxy) is 1. The van der Waals surface area contributed by atoms with Gasteiger partial charge in [0.25, 0.3) is 0 Å². The van der Waals surface area contributed by atoms with Crippen LogP contribution >= 0.6 is 0 Å². The number of carbonyl (C=O) groups is 1. The summed E-state index contributed by atoms with van der Waals surface area (Å²) < 4.78 is 6.52. The fraction of sp³-hybridized carbons (Fsp3) is 0.968. The van der Waals surface area contributed by atoms with Crippen molar-refractivity contribution in [3.05, 3.63) is 0 Å². The quantitative estimate of drug-likeness (QED) is 0.0987. The van der Waals surface area contributed by atoms with E-state index in [0.717, 1.165) is 32.1 Å². The van der Waals surface area contributed by atoms with Crippen molar-refractivity contribution in [2.45, 2.75) is 188 Å². The molecule has 0 spiro atoms. The van der Waals surface area contributed by atoms with Gasteiger partial charge in [0.05, 0.1) is 5.92 Å². The van der Waals surface area contributed by atoms with Gasteiger partial charge < -0.3 is 4.74 Å². The summed E-state index contributed by atoms with van der Waals surface area (Å²) in [5.41, 5.74) is -0.209. The van der Waals surface area contributed by atoms with E-state index in [1.54, 1.807) is 0 Å². The normalized spacial score (nSPS) is 12.8. The van der Waals surface area contributed by atoms with Crippen molar-refractivity contribution in [1.29, 1.82) is 0 Å². The van der Waals surface area contributed by atoms with Crippen molar-refractivity contribution >= 4 is 5.97 Å². The molecule has 0 aromatic rings. The second-order valence-electron chi connectivity index (χ2n) is 10.8. The summed E-state index contributed by atoms with van der Waals surface area (Å²) >= 11 is 0. The molecule has 33 heavy (non-hydrogen) atoms. The van der Waals surface area contributed by atoms with Crippen LogP contribution in [0, 0.1) is 5.92 Å².